The van der Waals surface area contributed by atoms with Crippen LogP contribution in [0.1, 0.15) is 50.1 Å². The molecule has 0 radical (unpaired) electrons. The van der Waals surface area contributed by atoms with Crippen molar-refractivity contribution in [2.75, 3.05) is 0 Å². The van der Waals surface area contributed by atoms with Gasteiger partial charge in [-0.2, -0.15) is 0 Å². The van der Waals surface area contributed by atoms with E-state index in [-0.39, 0.29) is 0 Å². The summed E-state index contributed by atoms with van der Waals surface area (Å²) >= 11 is 0. The fourth-order valence-electron chi connectivity index (χ4n) is 13.2. The molecule has 0 amide bonds. The van der Waals surface area contributed by atoms with Gasteiger partial charge in [-0.05, 0) is 151 Å². The molecule has 2 spiro atoms. The van der Waals surface area contributed by atoms with Crippen LogP contribution in [0.2, 0.25) is 0 Å². The zero-order valence-corrected chi connectivity index (χ0v) is 32.4. The molecule has 0 bridgehead atoms. The number of benzene rings is 11. The largest absolute Gasteiger partial charge is 0.0726 e. The molecule has 4 aliphatic carbocycles. The minimum Gasteiger partial charge on any atom is -0.0619 e. The maximum atomic E-state index is 2.62. The van der Waals surface area contributed by atoms with Gasteiger partial charge in [0.05, 0.1) is 10.8 Å². The van der Waals surface area contributed by atoms with Crippen molar-refractivity contribution in [2.45, 2.75) is 17.8 Å². The molecule has 0 saturated heterocycles. The lowest BCUT2D eigenvalue weighted by molar-refractivity contribution is 0.794. The van der Waals surface area contributed by atoms with Crippen LogP contribution in [-0.4, -0.2) is 0 Å². The van der Waals surface area contributed by atoms with Gasteiger partial charge < -0.3 is 0 Å². The molecule has 4 aliphatic rings. The first-order chi connectivity index (χ1) is 29.2. The van der Waals surface area contributed by atoms with Crippen LogP contribution in [0, 0.1) is 6.92 Å². The van der Waals surface area contributed by atoms with E-state index in [4.69, 9.17) is 0 Å². The minimum absolute atomic E-state index is 0.404. The van der Waals surface area contributed by atoms with Gasteiger partial charge in [0.15, 0.2) is 0 Å². The molecule has 0 fully saturated rings. The van der Waals surface area contributed by atoms with E-state index in [1.54, 1.807) is 0 Å². The van der Waals surface area contributed by atoms with Crippen molar-refractivity contribution in [1.29, 1.82) is 0 Å². The van der Waals surface area contributed by atoms with E-state index in [9.17, 15) is 0 Å². The fraction of sp³-hybridized carbons (Fsp3) is 0.0508. The zero-order chi connectivity index (χ0) is 38.4. The lowest BCUT2D eigenvalue weighted by atomic mass is 9.69. The van der Waals surface area contributed by atoms with Gasteiger partial charge in [-0.3, -0.25) is 0 Å². The van der Waals surface area contributed by atoms with Crippen molar-refractivity contribution in [2.24, 2.45) is 0 Å². The van der Waals surface area contributed by atoms with E-state index in [0.717, 1.165) is 0 Å². The normalized spacial score (nSPS) is 16.8. The molecular weight excluding hydrogens is 709 g/mol. The number of aryl methyl sites for hydroxylation is 1. The third kappa shape index (κ3) is 3.24. The number of hydrogen-bond acceptors (Lipinski definition) is 0. The predicted molar refractivity (Wildman–Crippen MR) is 245 cm³/mol. The van der Waals surface area contributed by atoms with Crippen LogP contribution in [0.4, 0.5) is 0 Å². The average molecular weight is 743 g/mol. The van der Waals surface area contributed by atoms with Crippen LogP contribution in [0.3, 0.4) is 0 Å². The van der Waals surface area contributed by atoms with Crippen LogP contribution in [0.5, 0.6) is 0 Å². The van der Waals surface area contributed by atoms with E-state index < -0.39 is 10.8 Å². The van der Waals surface area contributed by atoms with Gasteiger partial charge in [-0.1, -0.05) is 181 Å². The van der Waals surface area contributed by atoms with Crippen LogP contribution in [0.25, 0.3) is 87.6 Å². The molecule has 11 aromatic carbocycles. The Bertz CT molecular complexity index is 3700. The highest BCUT2D eigenvalue weighted by Crippen LogP contribution is 2.67. The summed E-state index contributed by atoms with van der Waals surface area (Å²) in [4.78, 5) is 0. The molecule has 0 N–H and O–H groups in total. The molecule has 0 heterocycles. The summed E-state index contributed by atoms with van der Waals surface area (Å²) in [5.41, 5.74) is 22.5. The van der Waals surface area contributed by atoms with Gasteiger partial charge in [0.2, 0.25) is 0 Å². The summed E-state index contributed by atoms with van der Waals surface area (Å²) in [6.07, 6.45) is 0. The van der Waals surface area contributed by atoms with Crippen LogP contribution in [0.15, 0.2) is 188 Å². The van der Waals surface area contributed by atoms with Gasteiger partial charge in [-0.25, -0.2) is 0 Å². The molecule has 59 heavy (non-hydrogen) atoms. The van der Waals surface area contributed by atoms with Crippen LogP contribution >= 0.6 is 0 Å². The van der Waals surface area contributed by atoms with Gasteiger partial charge in [0.25, 0.3) is 0 Å². The predicted octanol–water partition coefficient (Wildman–Crippen LogP) is 14.7. The molecule has 1 unspecified atom stereocenters. The third-order valence-corrected chi connectivity index (χ3v) is 15.1. The summed E-state index contributed by atoms with van der Waals surface area (Å²) < 4.78 is 0. The van der Waals surface area contributed by atoms with Crippen molar-refractivity contribution in [3.8, 4) is 44.5 Å². The van der Waals surface area contributed by atoms with Gasteiger partial charge in [0, 0.05) is 0 Å². The quantitative estimate of drug-likeness (QED) is 0.107. The molecule has 1 atom stereocenters. The van der Waals surface area contributed by atoms with E-state index >= 15 is 0 Å². The molecule has 11 aromatic rings. The Morgan fingerprint density at radius 2 is 0.610 bits per heavy atom. The standard InChI is InChI=1S/C59H34/c1-33-28-29-37-36-16-4-9-25-48(36)59(51(37)30-33)50-27-11-6-18-41(50)57-43-22-13-19-38-44-31-52-56(42-21-12-20-39(54(42)44)45(55(38)43)32-53(57)59)40-17-5-10-26-49(40)58(52)46-23-7-2-14-34(46)35-15-3-8-24-47(35)58/h2-32H,1H3. The monoisotopic (exact) mass is 742 g/mol. The molecule has 0 nitrogen and oxygen atoms in total. The Labute approximate surface area is 342 Å². The molecule has 0 aromatic heterocycles. The highest BCUT2D eigenvalue weighted by atomic mass is 14.5. The Kier molecular flexibility index (Phi) is 5.34. The second kappa shape index (κ2) is 10.2. The molecule has 0 heteroatoms. The van der Waals surface area contributed by atoms with E-state index in [1.807, 2.05) is 0 Å². The summed E-state index contributed by atoms with van der Waals surface area (Å²) in [6.45, 7) is 2.25. The fourth-order valence-corrected chi connectivity index (χ4v) is 13.2. The van der Waals surface area contributed by atoms with Crippen molar-refractivity contribution in [3.63, 3.8) is 0 Å². The van der Waals surface area contributed by atoms with Crippen LogP contribution < -0.4 is 0 Å². The zero-order valence-electron chi connectivity index (χ0n) is 32.4. The van der Waals surface area contributed by atoms with E-state index in [1.165, 1.54) is 138 Å². The number of fused-ring (bicyclic) bond motifs is 24. The maximum Gasteiger partial charge on any atom is 0.0726 e. The van der Waals surface area contributed by atoms with Crippen molar-refractivity contribution in [3.05, 3.63) is 238 Å². The highest BCUT2D eigenvalue weighted by Gasteiger charge is 2.54. The average Bonchev–Trinajstić information content (AvgIpc) is 3.96. The first-order valence-electron chi connectivity index (χ1n) is 21.0. The second-order valence-electron chi connectivity index (χ2n) is 17.4. The molecule has 270 valence electrons. The Morgan fingerprint density at radius 1 is 0.254 bits per heavy atom. The minimum atomic E-state index is -0.411. The van der Waals surface area contributed by atoms with E-state index in [0.29, 0.717) is 0 Å². The first-order valence-corrected chi connectivity index (χ1v) is 21.0. The summed E-state index contributed by atoms with van der Waals surface area (Å²) in [5.74, 6) is 0. The molecular formula is C59H34. The highest BCUT2D eigenvalue weighted by molar-refractivity contribution is 6.36. The van der Waals surface area contributed by atoms with Gasteiger partial charge in [0.1, 0.15) is 0 Å². The van der Waals surface area contributed by atoms with Gasteiger partial charge in [-0.15, -0.1) is 0 Å². The Hall–Kier alpha value is -7.28. The van der Waals surface area contributed by atoms with Crippen LogP contribution in [-0.2, 0) is 10.8 Å². The summed E-state index contributed by atoms with van der Waals surface area (Å²) in [6, 6.07) is 72.7. The lowest BCUT2D eigenvalue weighted by Gasteiger charge is -2.31. The number of hydrogen-bond donors (Lipinski definition) is 0. The Balaban J connectivity index is 1.14. The third-order valence-electron chi connectivity index (χ3n) is 15.1. The van der Waals surface area contributed by atoms with Gasteiger partial charge >= 0.3 is 0 Å². The van der Waals surface area contributed by atoms with Crippen molar-refractivity contribution < 1.29 is 0 Å². The van der Waals surface area contributed by atoms with Crippen molar-refractivity contribution >= 4 is 43.1 Å². The second-order valence-corrected chi connectivity index (χ2v) is 17.4. The summed E-state index contributed by atoms with van der Waals surface area (Å²) in [5, 5.41) is 10.8. The lowest BCUT2D eigenvalue weighted by Crippen LogP contribution is -2.26. The molecule has 15 rings (SSSR count). The number of rotatable bonds is 0. The SMILES string of the molecule is Cc1ccc2c(c1)C1(c3ccccc3-2)c2ccccc2-c2c1cc1c3cccc4c5c(cc(c6cccc2c61)c43)C1(c2ccccc2-c2ccccc21)c1ccccc1-5. The maximum absolute atomic E-state index is 2.62. The molecule has 0 saturated carbocycles. The first kappa shape index (κ1) is 30.8. The Morgan fingerprint density at radius 3 is 1.07 bits per heavy atom. The topological polar surface area (TPSA) is 0 Å². The van der Waals surface area contributed by atoms with E-state index in [2.05, 4.69) is 195 Å². The smallest absolute Gasteiger partial charge is 0.0619 e. The molecule has 0 aliphatic heterocycles. The summed E-state index contributed by atoms with van der Waals surface area (Å²) in [7, 11) is 0. The van der Waals surface area contributed by atoms with Crippen molar-refractivity contribution in [1.82, 2.24) is 0 Å².